The first-order chi connectivity index (χ1) is 10.3. The number of alkyl halides is 3. The van der Waals surface area contributed by atoms with E-state index in [-0.39, 0.29) is 32.2 Å². The summed E-state index contributed by atoms with van der Waals surface area (Å²) < 4.78 is 37.4. The minimum atomic E-state index is -4.50. The largest absolute Gasteiger partial charge is 0.446 e. The predicted octanol–water partition coefficient (Wildman–Crippen LogP) is 3.11. The van der Waals surface area contributed by atoms with Crippen LogP contribution in [-0.2, 0) is 0 Å². The molecule has 2 amide bonds. The van der Waals surface area contributed by atoms with Gasteiger partial charge in [-0.15, -0.1) is 0 Å². The molecule has 116 valence electrons. The van der Waals surface area contributed by atoms with Crippen molar-refractivity contribution in [3.8, 4) is 0 Å². The quantitative estimate of drug-likeness (QED) is 0.832. The van der Waals surface area contributed by atoms with E-state index < -0.39 is 17.3 Å². The number of rotatable bonds is 4. The number of carbonyl (C=O) groups is 2. The molecule has 0 spiro atoms. The van der Waals surface area contributed by atoms with Crippen LogP contribution in [-0.4, -0.2) is 22.3 Å². The lowest BCUT2D eigenvalue weighted by atomic mass is 10.2. The molecule has 2 rings (SSSR count). The Balaban J connectivity index is 2.20. The van der Waals surface area contributed by atoms with E-state index in [9.17, 15) is 22.8 Å². The number of hydrogen-bond acceptors (Lipinski definition) is 5. The average Bonchev–Trinajstić information content (AvgIpc) is 2.86. The van der Waals surface area contributed by atoms with Gasteiger partial charge in [-0.1, -0.05) is 23.5 Å². The Morgan fingerprint density at radius 3 is 2.55 bits per heavy atom. The molecule has 0 saturated carbocycles. The van der Waals surface area contributed by atoms with Crippen LogP contribution in [0.1, 0.15) is 20.0 Å². The highest BCUT2D eigenvalue weighted by Gasteiger charge is 2.31. The highest BCUT2D eigenvalue weighted by molar-refractivity contribution is 8.00. The Morgan fingerprint density at radius 1 is 1.27 bits per heavy atom. The van der Waals surface area contributed by atoms with E-state index in [1.165, 1.54) is 30.5 Å². The van der Waals surface area contributed by atoms with Gasteiger partial charge in [0.1, 0.15) is 4.88 Å². The van der Waals surface area contributed by atoms with Crippen molar-refractivity contribution in [2.45, 2.75) is 10.4 Å². The third-order valence-corrected chi connectivity index (χ3v) is 4.06. The topological polar surface area (TPSA) is 85.1 Å². The molecule has 1 aromatic carbocycles. The molecule has 1 aromatic heterocycles. The second-order valence-corrected chi connectivity index (χ2v) is 6.03. The Kier molecular flexibility index (Phi) is 4.71. The van der Waals surface area contributed by atoms with Gasteiger partial charge in [0, 0.05) is 4.90 Å². The van der Waals surface area contributed by atoms with Gasteiger partial charge in [0.15, 0.2) is 5.13 Å². The van der Waals surface area contributed by atoms with Gasteiger partial charge in [-0.2, -0.15) is 13.2 Å². The van der Waals surface area contributed by atoms with Gasteiger partial charge in [-0.05, 0) is 23.9 Å². The molecule has 0 fully saturated rings. The zero-order valence-electron chi connectivity index (χ0n) is 10.7. The minimum absolute atomic E-state index is 0.0746. The molecule has 0 saturated heterocycles. The SMILES string of the molecule is NC(=O)c1cnc(NC(=O)c2ccccc2SC(F)(F)F)s1. The first kappa shape index (κ1) is 16.3. The van der Waals surface area contributed by atoms with Crippen molar-refractivity contribution in [2.24, 2.45) is 5.73 Å². The fourth-order valence-electron chi connectivity index (χ4n) is 1.48. The van der Waals surface area contributed by atoms with Gasteiger partial charge < -0.3 is 5.73 Å². The second-order valence-electron chi connectivity index (χ2n) is 3.89. The molecule has 22 heavy (non-hydrogen) atoms. The molecule has 10 heteroatoms. The van der Waals surface area contributed by atoms with Gasteiger partial charge in [0.05, 0.1) is 11.8 Å². The molecule has 5 nitrogen and oxygen atoms in total. The van der Waals surface area contributed by atoms with Crippen LogP contribution < -0.4 is 11.1 Å². The van der Waals surface area contributed by atoms with Gasteiger partial charge >= 0.3 is 5.51 Å². The summed E-state index contributed by atoms with van der Waals surface area (Å²) in [7, 11) is 0. The Labute approximate surface area is 130 Å². The maximum atomic E-state index is 12.5. The van der Waals surface area contributed by atoms with Crippen molar-refractivity contribution >= 4 is 40.0 Å². The van der Waals surface area contributed by atoms with Crippen molar-refractivity contribution in [3.63, 3.8) is 0 Å². The van der Waals surface area contributed by atoms with E-state index in [0.29, 0.717) is 0 Å². The van der Waals surface area contributed by atoms with Crippen LogP contribution >= 0.6 is 23.1 Å². The van der Waals surface area contributed by atoms with Crippen LogP contribution in [0.15, 0.2) is 35.4 Å². The van der Waals surface area contributed by atoms with Crippen LogP contribution in [0, 0.1) is 0 Å². The lowest BCUT2D eigenvalue weighted by Gasteiger charge is -2.10. The first-order valence-electron chi connectivity index (χ1n) is 5.68. The van der Waals surface area contributed by atoms with Crippen LogP contribution in [0.3, 0.4) is 0 Å². The molecule has 0 aliphatic heterocycles. The normalized spacial score (nSPS) is 11.2. The second kappa shape index (κ2) is 6.36. The molecule has 0 atom stereocenters. The lowest BCUT2D eigenvalue weighted by Crippen LogP contribution is -2.13. The lowest BCUT2D eigenvalue weighted by molar-refractivity contribution is -0.0328. The fraction of sp³-hybridized carbons (Fsp3) is 0.0833. The average molecular weight is 347 g/mol. The molecule has 0 aliphatic carbocycles. The van der Waals surface area contributed by atoms with Gasteiger partial charge in [0.2, 0.25) is 0 Å². The standard InChI is InChI=1S/C12H8F3N3O2S2/c13-12(14,15)22-7-4-2-1-3-6(7)10(20)18-11-17-5-8(21-11)9(16)19/h1-5H,(H2,16,19)(H,17,18,20). The van der Waals surface area contributed by atoms with Crippen molar-refractivity contribution in [1.82, 2.24) is 4.98 Å². The van der Waals surface area contributed by atoms with Crippen molar-refractivity contribution in [2.75, 3.05) is 5.32 Å². The summed E-state index contributed by atoms with van der Waals surface area (Å²) in [5.41, 5.74) is 0.411. The Morgan fingerprint density at radius 2 is 1.95 bits per heavy atom. The molecular formula is C12H8F3N3O2S2. The number of nitrogens with zero attached hydrogens (tertiary/aromatic N) is 1. The van der Waals surface area contributed by atoms with Crippen LogP contribution in [0.5, 0.6) is 0 Å². The summed E-state index contributed by atoms with van der Waals surface area (Å²) >= 11 is 0.461. The van der Waals surface area contributed by atoms with Crippen LogP contribution in [0.4, 0.5) is 18.3 Å². The van der Waals surface area contributed by atoms with E-state index in [1.54, 1.807) is 0 Å². The summed E-state index contributed by atoms with van der Waals surface area (Å²) in [6.07, 6.45) is 1.18. The Bertz CT molecular complexity index is 716. The number of halogens is 3. The van der Waals surface area contributed by atoms with Crippen LogP contribution in [0.25, 0.3) is 0 Å². The summed E-state index contributed by atoms with van der Waals surface area (Å²) in [5, 5.41) is 2.41. The van der Waals surface area contributed by atoms with Crippen LogP contribution in [0.2, 0.25) is 0 Å². The van der Waals surface area contributed by atoms with E-state index in [4.69, 9.17) is 5.73 Å². The van der Waals surface area contributed by atoms with Crippen molar-refractivity contribution in [1.29, 1.82) is 0 Å². The Hall–Kier alpha value is -2.07. The van der Waals surface area contributed by atoms with E-state index in [0.717, 1.165) is 11.3 Å². The maximum Gasteiger partial charge on any atom is 0.446 e. The zero-order valence-corrected chi connectivity index (χ0v) is 12.3. The van der Waals surface area contributed by atoms with Gasteiger partial charge in [0.25, 0.3) is 11.8 Å². The number of benzene rings is 1. The molecule has 0 bridgehead atoms. The highest BCUT2D eigenvalue weighted by atomic mass is 32.2. The summed E-state index contributed by atoms with van der Waals surface area (Å²) in [6, 6.07) is 5.32. The number of thioether (sulfide) groups is 1. The van der Waals surface area contributed by atoms with Gasteiger partial charge in [-0.3, -0.25) is 14.9 Å². The smallest absolute Gasteiger partial charge is 0.365 e. The number of nitrogens with two attached hydrogens (primary N) is 1. The predicted molar refractivity (Wildman–Crippen MR) is 76.9 cm³/mol. The number of anilines is 1. The monoisotopic (exact) mass is 347 g/mol. The summed E-state index contributed by atoms with van der Waals surface area (Å²) in [5.74, 6) is -1.45. The highest BCUT2D eigenvalue weighted by Crippen LogP contribution is 2.38. The number of aromatic nitrogens is 1. The summed E-state index contributed by atoms with van der Waals surface area (Å²) in [6.45, 7) is 0. The van der Waals surface area contributed by atoms with Gasteiger partial charge in [-0.25, -0.2) is 4.98 Å². The van der Waals surface area contributed by atoms with Crippen molar-refractivity contribution < 1.29 is 22.8 Å². The number of carbonyl (C=O) groups excluding carboxylic acids is 2. The van der Waals surface area contributed by atoms with Crippen molar-refractivity contribution in [3.05, 3.63) is 40.9 Å². The number of hydrogen-bond donors (Lipinski definition) is 2. The molecular weight excluding hydrogens is 339 g/mol. The molecule has 2 aromatic rings. The van der Waals surface area contributed by atoms with E-state index >= 15 is 0 Å². The fourth-order valence-corrected chi connectivity index (χ4v) is 2.81. The van der Waals surface area contributed by atoms with E-state index in [2.05, 4.69) is 10.3 Å². The molecule has 0 aliphatic rings. The molecule has 1 heterocycles. The molecule has 0 unspecified atom stereocenters. The molecule has 3 N–H and O–H groups in total. The zero-order chi connectivity index (χ0) is 16.3. The third-order valence-electron chi connectivity index (χ3n) is 2.33. The maximum absolute atomic E-state index is 12.5. The summed E-state index contributed by atoms with van der Waals surface area (Å²) in [4.78, 5) is 26.7. The third kappa shape index (κ3) is 4.21. The minimum Gasteiger partial charge on any atom is -0.365 e. The molecule has 0 radical (unpaired) electrons. The number of primary amides is 1. The first-order valence-corrected chi connectivity index (χ1v) is 7.31. The number of thiazole rings is 1. The number of nitrogens with one attached hydrogen (secondary N) is 1. The van der Waals surface area contributed by atoms with E-state index in [1.807, 2.05) is 0 Å². The number of amides is 2.